The smallest absolute Gasteiger partial charge is 0.258 e. The van der Waals surface area contributed by atoms with Crippen LogP contribution in [0.4, 0.5) is 0 Å². The van der Waals surface area contributed by atoms with Crippen LogP contribution in [-0.4, -0.2) is 31.7 Å². The number of hydrogen-bond acceptors (Lipinski definition) is 4. The van der Waals surface area contributed by atoms with Crippen LogP contribution in [0.5, 0.6) is 11.5 Å². The van der Waals surface area contributed by atoms with Crippen LogP contribution in [0.15, 0.2) is 18.2 Å². The summed E-state index contributed by atoms with van der Waals surface area (Å²) in [7, 11) is 1.60. The Balaban J connectivity index is 0.00000484. The van der Waals surface area contributed by atoms with Crippen molar-refractivity contribution in [3.8, 4) is 11.5 Å². The minimum absolute atomic E-state index is 0. The summed E-state index contributed by atoms with van der Waals surface area (Å²) in [5, 5.41) is 6.20. The van der Waals surface area contributed by atoms with E-state index < -0.39 is 0 Å². The van der Waals surface area contributed by atoms with Crippen LogP contribution in [-0.2, 0) is 11.3 Å². The maximum absolute atomic E-state index is 11.8. The third-order valence-corrected chi connectivity index (χ3v) is 2.86. The Morgan fingerprint density at radius 1 is 1.22 bits per heavy atom. The normalized spacial score (nSPS) is 10.7. The number of rotatable bonds is 8. The number of methoxy groups -OCH3 is 1. The fraction of sp³-hybridized carbons (Fsp3) is 0.588. The Morgan fingerprint density at radius 2 is 1.91 bits per heavy atom. The third kappa shape index (κ3) is 8.67. The number of ether oxygens (including phenoxy) is 2. The average Bonchev–Trinajstić information content (AvgIpc) is 2.44. The van der Waals surface area contributed by atoms with E-state index in [0.717, 1.165) is 25.1 Å². The van der Waals surface area contributed by atoms with E-state index in [-0.39, 0.29) is 30.5 Å². The molecular formula is C17H29ClN2O3. The molecule has 0 saturated heterocycles. The highest BCUT2D eigenvalue weighted by molar-refractivity contribution is 5.85. The predicted octanol–water partition coefficient (Wildman–Crippen LogP) is 2.91. The molecule has 0 saturated carbocycles. The molecule has 5 nitrogen and oxygen atoms in total. The van der Waals surface area contributed by atoms with Gasteiger partial charge in [0.05, 0.1) is 7.11 Å². The first kappa shape index (κ1) is 21.5. The molecule has 0 fully saturated rings. The lowest BCUT2D eigenvalue weighted by molar-refractivity contribution is -0.124. The Bertz CT molecular complexity index is 487. The minimum atomic E-state index is -0.265. The van der Waals surface area contributed by atoms with Crippen molar-refractivity contribution < 1.29 is 14.3 Å². The highest BCUT2D eigenvalue weighted by Gasteiger charge is 2.15. The van der Waals surface area contributed by atoms with Gasteiger partial charge in [-0.1, -0.05) is 13.0 Å². The summed E-state index contributed by atoms with van der Waals surface area (Å²) in [5.41, 5.74) is 0.857. The van der Waals surface area contributed by atoms with Crippen LogP contribution in [0.2, 0.25) is 0 Å². The number of amides is 1. The van der Waals surface area contributed by atoms with Crippen LogP contribution in [0.25, 0.3) is 0 Å². The quantitative estimate of drug-likeness (QED) is 0.712. The van der Waals surface area contributed by atoms with Gasteiger partial charge in [-0.05, 0) is 51.4 Å². The van der Waals surface area contributed by atoms with Crippen molar-refractivity contribution in [1.29, 1.82) is 0 Å². The molecule has 23 heavy (non-hydrogen) atoms. The molecule has 6 heteroatoms. The van der Waals surface area contributed by atoms with Gasteiger partial charge in [-0.3, -0.25) is 4.79 Å². The van der Waals surface area contributed by atoms with Crippen LogP contribution >= 0.6 is 12.4 Å². The summed E-state index contributed by atoms with van der Waals surface area (Å²) >= 11 is 0. The lowest BCUT2D eigenvalue weighted by Crippen LogP contribution is -2.43. The third-order valence-electron chi connectivity index (χ3n) is 2.86. The molecule has 1 amide bonds. The van der Waals surface area contributed by atoms with E-state index in [1.54, 1.807) is 7.11 Å². The van der Waals surface area contributed by atoms with Gasteiger partial charge in [0.2, 0.25) is 0 Å². The molecule has 0 aromatic heterocycles. The molecule has 1 aromatic rings. The fourth-order valence-electron chi connectivity index (χ4n) is 1.95. The molecule has 0 heterocycles. The largest absolute Gasteiger partial charge is 0.493 e. The van der Waals surface area contributed by atoms with Crippen molar-refractivity contribution >= 4 is 18.3 Å². The molecule has 0 spiro atoms. The van der Waals surface area contributed by atoms with E-state index in [2.05, 4.69) is 17.6 Å². The zero-order valence-corrected chi connectivity index (χ0v) is 15.5. The van der Waals surface area contributed by atoms with Crippen molar-refractivity contribution in [2.45, 2.75) is 46.2 Å². The molecule has 0 aliphatic heterocycles. The van der Waals surface area contributed by atoms with Crippen LogP contribution < -0.4 is 20.1 Å². The van der Waals surface area contributed by atoms with Crippen molar-refractivity contribution in [3.63, 3.8) is 0 Å². The number of carbonyl (C=O) groups excluding carboxylic acids is 1. The van der Waals surface area contributed by atoms with Crippen LogP contribution in [0.1, 0.15) is 39.7 Å². The molecule has 0 bridgehead atoms. The van der Waals surface area contributed by atoms with Gasteiger partial charge in [0.25, 0.3) is 5.91 Å². The fourth-order valence-corrected chi connectivity index (χ4v) is 1.95. The zero-order valence-electron chi connectivity index (χ0n) is 14.7. The summed E-state index contributed by atoms with van der Waals surface area (Å²) < 4.78 is 10.9. The van der Waals surface area contributed by atoms with E-state index in [0.29, 0.717) is 11.5 Å². The summed E-state index contributed by atoms with van der Waals surface area (Å²) in [6.07, 6.45) is 1.10. The molecule has 2 N–H and O–H groups in total. The molecular weight excluding hydrogens is 316 g/mol. The molecule has 0 aliphatic rings. The number of benzene rings is 1. The second-order valence-electron chi connectivity index (χ2n) is 6.25. The summed E-state index contributed by atoms with van der Waals surface area (Å²) in [6.45, 7) is 9.67. The van der Waals surface area contributed by atoms with E-state index in [9.17, 15) is 4.79 Å². The standard InChI is InChI=1S/C17H28N2O3.ClH/c1-6-9-18-11-13-7-8-14(15(10-13)21-5)22-12-16(20)19-17(2,3)4;/h7-8,10,18H,6,9,11-12H2,1-5H3,(H,19,20);1H. The predicted molar refractivity (Wildman–Crippen MR) is 95.6 cm³/mol. The number of hydrogen-bond donors (Lipinski definition) is 2. The van der Waals surface area contributed by atoms with E-state index >= 15 is 0 Å². The van der Waals surface area contributed by atoms with Crippen LogP contribution in [0, 0.1) is 0 Å². The van der Waals surface area contributed by atoms with Crippen molar-refractivity contribution in [2.75, 3.05) is 20.3 Å². The Labute approximate surface area is 145 Å². The Hall–Kier alpha value is -1.46. The molecule has 132 valence electrons. The van der Waals surface area contributed by atoms with Gasteiger partial charge >= 0.3 is 0 Å². The maximum Gasteiger partial charge on any atom is 0.258 e. The number of carbonyl (C=O) groups is 1. The first-order valence-corrected chi connectivity index (χ1v) is 7.67. The lowest BCUT2D eigenvalue weighted by Gasteiger charge is -2.20. The van der Waals surface area contributed by atoms with Crippen molar-refractivity contribution in [2.24, 2.45) is 0 Å². The molecule has 0 aliphatic carbocycles. The maximum atomic E-state index is 11.8. The van der Waals surface area contributed by atoms with E-state index in [1.807, 2.05) is 39.0 Å². The zero-order chi connectivity index (χ0) is 16.6. The second kappa shape index (κ2) is 10.3. The SMILES string of the molecule is CCCNCc1ccc(OCC(=O)NC(C)(C)C)c(OC)c1.Cl. The first-order valence-electron chi connectivity index (χ1n) is 7.67. The lowest BCUT2D eigenvalue weighted by atomic mass is 10.1. The summed E-state index contributed by atoms with van der Waals surface area (Å²) in [6, 6.07) is 5.74. The molecule has 1 aromatic carbocycles. The number of halogens is 1. The summed E-state index contributed by atoms with van der Waals surface area (Å²) in [5.74, 6) is 1.06. The number of nitrogens with one attached hydrogen (secondary N) is 2. The van der Waals surface area contributed by atoms with Gasteiger partial charge in [0, 0.05) is 12.1 Å². The summed E-state index contributed by atoms with van der Waals surface area (Å²) in [4.78, 5) is 11.8. The Morgan fingerprint density at radius 3 is 2.48 bits per heavy atom. The molecule has 0 atom stereocenters. The minimum Gasteiger partial charge on any atom is -0.493 e. The highest BCUT2D eigenvalue weighted by Crippen LogP contribution is 2.28. The van der Waals surface area contributed by atoms with Crippen molar-refractivity contribution in [3.05, 3.63) is 23.8 Å². The average molecular weight is 345 g/mol. The monoisotopic (exact) mass is 344 g/mol. The molecule has 0 radical (unpaired) electrons. The van der Waals surface area contributed by atoms with Gasteiger partial charge < -0.3 is 20.1 Å². The molecule has 1 rings (SSSR count). The topological polar surface area (TPSA) is 59.6 Å². The Kier molecular flexibility index (Phi) is 9.68. The molecule has 0 unspecified atom stereocenters. The van der Waals surface area contributed by atoms with Gasteiger partial charge in [0.1, 0.15) is 0 Å². The van der Waals surface area contributed by atoms with E-state index in [1.165, 1.54) is 0 Å². The van der Waals surface area contributed by atoms with Gasteiger partial charge in [-0.2, -0.15) is 0 Å². The van der Waals surface area contributed by atoms with Gasteiger partial charge in [0.15, 0.2) is 18.1 Å². The van der Waals surface area contributed by atoms with Crippen molar-refractivity contribution in [1.82, 2.24) is 10.6 Å². The van der Waals surface area contributed by atoms with Gasteiger partial charge in [-0.15, -0.1) is 12.4 Å². The second-order valence-corrected chi connectivity index (χ2v) is 6.25. The van der Waals surface area contributed by atoms with Gasteiger partial charge in [-0.25, -0.2) is 0 Å². The van der Waals surface area contributed by atoms with E-state index in [4.69, 9.17) is 9.47 Å². The van der Waals surface area contributed by atoms with Crippen LogP contribution in [0.3, 0.4) is 0 Å². The first-order chi connectivity index (χ1) is 10.4. The highest BCUT2D eigenvalue weighted by atomic mass is 35.5.